The number of anilines is 1. The lowest BCUT2D eigenvalue weighted by Crippen LogP contribution is -2.46. The van der Waals surface area contributed by atoms with Crippen molar-refractivity contribution < 1.29 is 23.9 Å². The van der Waals surface area contributed by atoms with Crippen molar-refractivity contribution in [2.75, 3.05) is 19.0 Å². The van der Waals surface area contributed by atoms with E-state index in [-0.39, 0.29) is 17.2 Å². The molecule has 0 radical (unpaired) electrons. The maximum absolute atomic E-state index is 12.7. The molecule has 1 atom stereocenters. The molecule has 0 aliphatic heterocycles. The van der Waals surface area contributed by atoms with E-state index in [1.807, 2.05) is 12.1 Å². The fourth-order valence-corrected chi connectivity index (χ4v) is 3.00. The average Bonchev–Trinajstić information content (AvgIpc) is 2.75. The Balaban J connectivity index is 1.97. The van der Waals surface area contributed by atoms with Crippen molar-refractivity contribution >= 4 is 23.5 Å². The first kappa shape index (κ1) is 24.9. The number of esters is 1. The third kappa shape index (κ3) is 6.83. The number of hydrogen-bond donors (Lipinski definition) is 2. The molecule has 0 saturated carbocycles. The molecule has 0 aromatic heterocycles. The van der Waals surface area contributed by atoms with E-state index in [1.54, 1.807) is 50.2 Å². The summed E-state index contributed by atoms with van der Waals surface area (Å²) in [5.74, 6) is -1.28. The summed E-state index contributed by atoms with van der Waals surface area (Å²) >= 11 is 0. The van der Waals surface area contributed by atoms with Gasteiger partial charge >= 0.3 is 5.97 Å². The maximum Gasteiger partial charge on any atom is 0.329 e. The van der Waals surface area contributed by atoms with E-state index < -0.39 is 24.5 Å². The molecule has 32 heavy (non-hydrogen) atoms. The van der Waals surface area contributed by atoms with Gasteiger partial charge in [0.2, 0.25) is 0 Å². The molecule has 0 heterocycles. The van der Waals surface area contributed by atoms with Crippen molar-refractivity contribution in [1.29, 1.82) is 0 Å². The molecule has 0 aliphatic carbocycles. The largest absolute Gasteiger partial charge is 0.495 e. The van der Waals surface area contributed by atoms with Crippen LogP contribution in [0.4, 0.5) is 5.69 Å². The first-order chi connectivity index (χ1) is 15.0. The Hall–Kier alpha value is -3.35. The molecule has 0 saturated heterocycles. The molecule has 0 aliphatic rings. The SMILES string of the molecule is COc1ccccc1NC(=O)COC(=O)C(NC(=O)c1ccc(C(C)(C)C)cc1)C(C)C. The van der Waals surface area contributed by atoms with Crippen LogP contribution in [-0.2, 0) is 19.7 Å². The monoisotopic (exact) mass is 440 g/mol. The Bertz CT molecular complexity index is 946. The Labute approximate surface area is 189 Å². The summed E-state index contributed by atoms with van der Waals surface area (Å²) in [4.78, 5) is 37.4. The molecule has 172 valence electrons. The zero-order chi connectivity index (χ0) is 23.9. The molecular weight excluding hydrogens is 408 g/mol. The van der Waals surface area contributed by atoms with Crippen molar-refractivity contribution in [1.82, 2.24) is 5.32 Å². The summed E-state index contributed by atoms with van der Waals surface area (Å²) in [6.07, 6.45) is 0. The number of nitrogens with one attached hydrogen (secondary N) is 2. The minimum Gasteiger partial charge on any atom is -0.495 e. The van der Waals surface area contributed by atoms with Gasteiger partial charge in [-0.15, -0.1) is 0 Å². The van der Waals surface area contributed by atoms with Crippen LogP contribution in [0.5, 0.6) is 5.75 Å². The van der Waals surface area contributed by atoms with Gasteiger partial charge in [0, 0.05) is 5.56 Å². The topological polar surface area (TPSA) is 93.7 Å². The van der Waals surface area contributed by atoms with Gasteiger partial charge in [0.1, 0.15) is 11.8 Å². The van der Waals surface area contributed by atoms with Crippen LogP contribution in [0.25, 0.3) is 0 Å². The number of carbonyl (C=O) groups excluding carboxylic acids is 3. The van der Waals surface area contributed by atoms with Gasteiger partial charge in [-0.1, -0.05) is 58.9 Å². The van der Waals surface area contributed by atoms with Gasteiger partial charge in [0.05, 0.1) is 12.8 Å². The highest BCUT2D eigenvalue weighted by Crippen LogP contribution is 2.23. The second-order valence-corrected chi connectivity index (χ2v) is 8.88. The highest BCUT2D eigenvalue weighted by atomic mass is 16.5. The fourth-order valence-electron chi connectivity index (χ4n) is 3.00. The third-order valence-corrected chi connectivity index (χ3v) is 4.95. The lowest BCUT2D eigenvalue weighted by atomic mass is 9.86. The molecule has 2 aromatic rings. The predicted octanol–water partition coefficient (Wildman–Crippen LogP) is 3.93. The van der Waals surface area contributed by atoms with Gasteiger partial charge in [-0.25, -0.2) is 4.79 Å². The summed E-state index contributed by atoms with van der Waals surface area (Å²) in [5, 5.41) is 5.36. The second-order valence-electron chi connectivity index (χ2n) is 8.88. The van der Waals surface area contributed by atoms with Crippen LogP contribution in [0.2, 0.25) is 0 Å². The molecule has 1 unspecified atom stereocenters. The number of rotatable bonds is 8. The number of para-hydroxylation sites is 2. The van der Waals surface area contributed by atoms with Gasteiger partial charge in [0.15, 0.2) is 6.61 Å². The number of amides is 2. The Morgan fingerprint density at radius 3 is 2.16 bits per heavy atom. The summed E-state index contributed by atoms with van der Waals surface area (Å²) < 4.78 is 10.4. The van der Waals surface area contributed by atoms with Gasteiger partial charge in [0.25, 0.3) is 11.8 Å². The van der Waals surface area contributed by atoms with Crippen molar-refractivity contribution in [2.24, 2.45) is 5.92 Å². The molecule has 7 heteroatoms. The Morgan fingerprint density at radius 1 is 0.969 bits per heavy atom. The Morgan fingerprint density at radius 2 is 1.59 bits per heavy atom. The van der Waals surface area contributed by atoms with Gasteiger partial charge in [-0.3, -0.25) is 9.59 Å². The normalized spacial score (nSPS) is 12.1. The third-order valence-electron chi connectivity index (χ3n) is 4.95. The summed E-state index contributed by atoms with van der Waals surface area (Å²) in [5.41, 5.74) is 2.01. The zero-order valence-electron chi connectivity index (χ0n) is 19.5. The molecule has 2 aromatic carbocycles. The van der Waals surface area contributed by atoms with Crippen LogP contribution < -0.4 is 15.4 Å². The number of carbonyl (C=O) groups is 3. The lowest BCUT2D eigenvalue weighted by molar-refractivity contribution is -0.150. The smallest absolute Gasteiger partial charge is 0.329 e. The van der Waals surface area contributed by atoms with Gasteiger partial charge in [-0.2, -0.15) is 0 Å². The van der Waals surface area contributed by atoms with E-state index in [0.717, 1.165) is 5.56 Å². The average molecular weight is 441 g/mol. The predicted molar refractivity (Wildman–Crippen MR) is 124 cm³/mol. The van der Waals surface area contributed by atoms with Crippen molar-refractivity contribution in [3.63, 3.8) is 0 Å². The highest BCUT2D eigenvalue weighted by molar-refractivity contribution is 5.98. The summed E-state index contributed by atoms with van der Waals surface area (Å²) in [6, 6.07) is 13.3. The molecule has 0 bridgehead atoms. The number of hydrogen-bond acceptors (Lipinski definition) is 5. The maximum atomic E-state index is 12.7. The first-order valence-electron chi connectivity index (χ1n) is 10.5. The molecule has 2 amide bonds. The molecule has 0 fully saturated rings. The molecule has 7 nitrogen and oxygen atoms in total. The molecule has 2 N–H and O–H groups in total. The van der Waals surface area contributed by atoms with Crippen LogP contribution in [0, 0.1) is 5.92 Å². The van der Waals surface area contributed by atoms with Gasteiger partial charge < -0.3 is 20.1 Å². The van der Waals surface area contributed by atoms with Crippen LogP contribution in [0.15, 0.2) is 48.5 Å². The highest BCUT2D eigenvalue weighted by Gasteiger charge is 2.27. The van der Waals surface area contributed by atoms with Crippen LogP contribution >= 0.6 is 0 Å². The minimum absolute atomic E-state index is 0.0242. The second kappa shape index (κ2) is 10.8. The van der Waals surface area contributed by atoms with Gasteiger partial charge in [-0.05, 0) is 41.2 Å². The van der Waals surface area contributed by atoms with E-state index in [2.05, 4.69) is 31.4 Å². The zero-order valence-corrected chi connectivity index (χ0v) is 19.5. The quantitative estimate of drug-likeness (QED) is 0.607. The van der Waals surface area contributed by atoms with E-state index in [9.17, 15) is 14.4 Å². The van der Waals surface area contributed by atoms with E-state index in [4.69, 9.17) is 9.47 Å². The lowest BCUT2D eigenvalue weighted by Gasteiger charge is -2.22. The number of methoxy groups -OCH3 is 1. The Kier molecular flexibility index (Phi) is 8.41. The van der Waals surface area contributed by atoms with E-state index in [1.165, 1.54) is 7.11 Å². The molecule has 0 spiro atoms. The summed E-state index contributed by atoms with van der Waals surface area (Å²) in [7, 11) is 1.50. The number of ether oxygens (including phenoxy) is 2. The van der Waals surface area contributed by atoms with Crippen molar-refractivity contribution in [2.45, 2.75) is 46.1 Å². The van der Waals surface area contributed by atoms with Crippen molar-refractivity contribution in [3.8, 4) is 5.75 Å². The summed E-state index contributed by atoms with van der Waals surface area (Å²) in [6.45, 7) is 9.40. The van der Waals surface area contributed by atoms with E-state index in [0.29, 0.717) is 17.0 Å². The van der Waals surface area contributed by atoms with Crippen LogP contribution in [-0.4, -0.2) is 37.5 Å². The fraction of sp³-hybridized carbons (Fsp3) is 0.400. The molecule has 2 rings (SSSR count). The first-order valence-corrected chi connectivity index (χ1v) is 10.5. The van der Waals surface area contributed by atoms with Crippen molar-refractivity contribution in [3.05, 3.63) is 59.7 Å². The standard InChI is InChI=1S/C25H32N2O5/c1-16(2)22(27-23(29)17-11-13-18(14-12-17)25(3,4)5)24(30)32-15-21(28)26-19-9-7-8-10-20(19)31-6/h7-14,16,22H,15H2,1-6H3,(H,26,28)(H,27,29). The van der Waals surface area contributed by atoms with Crippen LogP contribution in [0.3, 0.4) is 0 Å². The van der Waals surface area contributed by atoms with Crippen LogP contribution in [0.1, 0.15) is 50.5 Å². The number of benzene rings is 2. The minimum atomic E-state index is -0.885. The van der Waals surface area contributed by atoms with E-state index >= 15 is 0 Å². The molecular formula is C25H32N2O5.